The average molecular weight is 433 g/mol. The Labute approximate surface area is 183 Å². The Bertz CT molecular complexity index is 960. The molecule has 1 aliphatic heterocycles. The number of hydrogen-bond donors (Lipinski definition) is 1. The van der Waals surface area contributed by atoms with Gasteiger partial charge >= 0.3 is 0 Å². The Hall–Kier alpha value is -2.34. The van der Waals surface area contributed by atoms with Crippen molar-refractivity contribution in [3.05, 3.63) is 65.4 Å². The van der Waals surface area contributed by atoms with Crippen molar-refractivity contribution in [3.8, 4) is 0 Å². The van der Waals surface area contributed by atoms with Gasteiger partial charge in [0.1, 0.15) is 0 Å². The summed E-state index contributed by atoms with van der Waals surface area (Å²) in [4.78, 5) is 17.0. The van der Waals surface area contributed by atoms with Gasteiger partial charge in [-0.3, -0.25) is 9.89 Å². The molecule has 0 spiro atoms. The van der Waals surface area contributed by atoms with Crippen LogP contribution in [-0.2, 0) is 0 Å². The number of amides is 1. The van der Waals surface area contributed by atoms with E-state index in [1.807, 2.05) is 59.5 Å². The van der Waals surface area contributed by atoms with Crippen molar-refractivity contribution in [1.82, 2.24) is 20.0 Å². The van der Waals surface area contributed by atoms with E-state index in [0.29, 0.717) is 0 Å². The third-order valence-electron chi connectivity index (χ3n) is 5.20. The molecular weight excluding hydrogens is 407 g/mol. The summed E-state index contributed by atoms with van der Waals surface area (Å²) < 4.78 is 0. The lowest BCUT2D eigenvalue weighted by Crippen LogP contribution is -2.48. The Morgan fingerprint density at radius 1 is 1.00 bits per heavy atom. The van der Waals surface area contributed by atoms with E-state index in [4.69, 9.17) is 0 Å². The summed E-state index contributed by atoms with van der Waals surface area (Å²) in [6.07, 6.45) is 4.02. The first-order chi connectivity index (χ1) is 13.2. The Balaban J connectivity index is 0.00000150. The van der Waals surface area contributed by atoms with Crippen LogP contribution < -0.4 is 0 Å². The molecule has 1 fully saturated rings. The fourth-order valence-electron chi connectivity index (χ4n) is 3.47. The number of rotatable bonds is 4. The standard InChI is InChI=1S/C22H24N4O.2ClH/c1-2-25-13-15-26(16-14-25)22(27)18-10-7-17(8-11-18)9-12-21-19-5-3-4-6-20(19)23-24-21;;/h3-12H,2,13-16H2,1H3,(H,23,24);2*1H. The summed E-state index contributed by atoms with van der Waals surface area (Å²) in [5, 5.41) is 8.49. The van der Waals surface area contributed by atoms with Crippen LogP contribution in [-0.4, -0.2) is 58.6 Å². The van der Waals surface area contributed by atoms with Crippen molar-refractivity contribution in [2.75, 3.05) is 32.7 Å². The molecule has 0 radical (unpaired) electrons. The molecule has 0 atom stereocenters. The van der Waals surface area contributed by atoms with Crippen LogP contribution in [0.25, 0.3) is 23.1 Å². The molecule has 1 saturated heterocycles. The van der Waals surface area contributed by atoms with Gasteiger partial charge in [-0.2, -0.15) is 5.10 Å². The highest BCUT2D eigenvalue weighted by atomic mass is 35.5. The Morgan fingerprint density at radius 2 is 1.69 bits per heavy atom. The number of benzene rings is 2. The molecule has 1 aliphatic rings. The Kier molecular flexibility index (Phi) is 8.26. The molecule has 7 heteroatoms. The van der Waals surface area contributed by atoms with Gasteiger partial charge in [-0.15, -0.1) is 24.8 Å². The molecule has 0 bridgehead atoms. The first-order valence-corrected chi connectivity index (χ1v) is 9.47. The van der Waals surface area contributed by atoms with E-state index < -0.39 is 0 Å². The molecule has 1 N–H and O–H groups in total. The van der Waals surface area contributed by atoms with Gasteiger partial charge in [-0.1, -0.05) is 43.3 Å². The van der Waals surface area contributed by atoms with Gasteiger partial charge in [-0.25, -0.2) is 0 Å². The second-order valence-corrected chi connectivity index (χ2v) is 6.84. The summed E-state index contributed by atoms with van der Waals surface area (Å²) in [6.45, 7) is 6.74. The van der Waals surface area contributed by atoms with E-state index in [2.05, 4.69) is 28.1 Å². The number of likely N-dealkylation sites (N-methyl/N-ethyl adjacent to an activating group) is 1. The molecule has 2 aromatic carbocycles. The number of halogens is 2. The lowest BCUT2D eigenvalue weighted by Gasteiger charge is -2.34. The van der Waals surface area contributed by atoms with Crippen molar-refractivity contribution < 1.29 is 4.79 Å². The average Bonchev–Trinajstić information content (AvgIpc) is 3.15. The van der Waals surface area contributed by atoms with Crippen LogP contribution in [0.3, 0.4) is 0 Å². The molecular formula is C22H26Cl2N4O. The molecule has 1 amide bonds. The summed E-state index contributed by atoms with van der Waals surface area (Å²) in [5.41, 5.74) is 3.75. The number of hydrogen-bond acceptors (Lipinski definition) is 3. The SMILES string of the molecule is CCN1CCN(C(=O)c2ccc(C=Cc3n[nH]c4ccccc34)cc2)CC1.Cl.Cl. The largest absolute Gasteiger partial charge is 0.336 e. The molecule has 3 aromatic rings. The van der Waals surface area contributed by atoms with Gasteiger partial charge in [0.05, 0.1) is 11.2 Å². The number of para-hydroxylation sites is 1. The molecule has 29 heavy (non-hydrogen) atoms. The number of piperazine rings is 1. The van der Waals surface area contributed by atoms with Crippen molar-refractivity contribution in [3.63, 3.8) is 0 Å². The Morgan fingerprint density at radius 3 is 2.38 bits per heavy atom. The van der Waals surface area contributed by atoms with Crippen molar-refractivity contribution in [2.24, 2.45) is 0 Å². The number of aromatic nitrogens is 2. The van der Waals surface area contributed by atoms with Crippen LogP contribution >= 0.6 is 24.8 Å². The zero-order valence-electron chi connectivity index (χ0n) is 16.4. The molecule has 2 heterocycles. The van der Waals surface area contributed by atoms with Crippen molar-refractivity contribution >= 4 is 53.8 Å². The van der Waals surface area contributed by atoms with Gasteiger partial charge < -0.3 is 9.80 Å². The summed E-state index contributed by atoms with van der Waals surface area (Å²) >= 11 is 0. The summed E-state index contributed by atoms with van der Waals surface area (Å²) in [5.74, 6) is 0.125. The maximum atomic E-state index is 12.7. The molecule has 0 unspecified atom stereocenters. The zero-order chi connectivity index (χ0) is 18.6. The summed E-state index contributed by atoms with van der Waals surface area (Å²) in [6, 6.07) is 15.9. The first kappa shape index (κ1) is 22.9. The minimum Gasteiger partial charge on any atom is -0.336 e. The van der Waals surface area contributed by atoms with Crippen LogP contribution in [0.4, 0.5) is 0 Å². The predicted molar refractivity (Wildman–Crippen MR) is 124 cm³/mol. The second-order valence-electron chi connectivity index (χ2n) is 6.84. The van der Waals surface area contributed by atoms with Crippen LogP contribution in [0.1, 0.15) is 28.5 Å². The molecule has 1 aromatic heterocycles. The van der Waals surface area contributed by atoms with Crippen LogP contribution in [0.2, 0.25) is 0 Å². The van der Waals surface area contributed by atoms with Gasteiger partial charge in [0.2, 0.25) is 0 Å². The van der Waals surface area contributed by atoms with Crippen LogP contribution in [0, 0.1) is 0 Å². The van der Waals surface area contributed by atoms with E-state index in [1.54, 1.807) is 0 Å². The van der Waals surface area contributed by atoms with Gasteiger partial charge in [-0.05, 0) is 36.4 Å². The van der Waals surface area contributed by atoms with E-state index in [-0.39, 0.29) is 30.7 Å². The van der Waals surface area contributed by atoms with Gasteiger partial charge in [0, 0.05) is 37.1 Å². The van der Waals surface area contributed by atoms with Crippen LogP contribution in [0.5, 0.6) is 0 Å². The molecule has 0 saturated carbocycles. The topological polar surface area (TPSA) is 52.2 Å². The summed E-state index contributed by atoms with van der Waals surface area (Å²) in [7, 11) is 0. The molecule has 154 valence electrons. The number of fused-ring (bicyclic) bond motifs is 1. The quantitative estimate of drug-likeness (QED) is 0.666. The van der Waals surface area contributed by atoms with Crippen molar-refractivity contribution in [2.45, 2.75) is 6.92 Å². The van der Waals surface area contributed by atoms with E-state index in [1.165, 1.54) is 0 Å². The third-order valence-corrected chi connectivity index (χ3v) is 5.20. The first-order valence-electron chi connectivity index (χ1n) is 9.47. The fraction of sp³-hybridized carbons (Fsp3) is 0.273. The molecule has 0 aliphatic carbocycles. The van der Waals surface area contributed by atoms with E-state index >= 15 is 0 Å². The monoisotopic (exact) mass is 432 g/mol. The van der Waals surface area contributed by atoms with Crippen LogP contribution in [0.15, 0.2) is 48.5 Å². The smallest absolute Gasteiger partial charge is 0.253 e. The fourth-order valence-corrected chi connectivity index (χ4v) is 3.47. The third kappa shape index (κ3) is 5.18. The number of aromatic amines is 1. The lowest BCUT2D eigenvalue weighted by molar-refractivity contribution is 0.0643. The van der Waals surface area contributed by atoms with Gasteiger partial charge in [0.25, 0.3) is 5.91 Å². The molecule has 4 rings (SSSR count). The normalized spacial score (nSPS) is 14.6. The zero-order valence-corrected chi connectivity index (χ0v) is 18.0. The van der Waals surface area contributed by atoms with E-state index in [0.717, 1.165) is 60.4 Å². The lowest BCUT2D eigenvalue weighted by atomic mass is 10.1. The number of nitrogens with zero attached hydrogens (tertiary/aromatic N) is 3. The highest BCUT2D eigenvalue weighted by Crippen LogP contribution is 2.18. The second kappa shape index (κ2) is 10.4. The van der Waals surface area contributed by atoms with E-state index in [9.17, 15) is 4.79 Å². The number of carbonyl (C=O) groups is 1. The molecule has 5 nitrogen and oxygen atoms in total. The maximum absolute atomic E-state index is 12.7. The minimum absolute atomic E-state index is 0. The highest BCUT2D eigenvalue weighted by molar-refractivity contribution is 5.95. The predicted octanol–water partition coefficient (Wildman–Crippen LogP) is 4.35. The van der Waals surface area contributed by atoms with Gasteiger partial charge in [0.15, 0.2) is 0 Å². The van der Waals surface area contributed by atoms with Crippen molar-refractivity contribution in [1.29, 1.82) is 0 Å². The number of H-pyrrole nitrogens is 1. The number of carbonyl (C=O) groups excluding carboxylic acids is 1. The highest BCUT2D eigenvalue weighted by Gasteiger charge is 2.21. The maximum Gasteiger partial charge on any atom is 0.253 e. The number of nitrogens with one attached hydrogen (secondary N) is 1. The minimum atomic E-state index is 0.